The van der Waals surface area contributed by atoms with E-state index in [4.69, 9.17) is 0 Å². The molecular formula is C52H32S. The van der Waals surface area contributed by atoms with Crippen LogP contribution < -0.4 is 0 Å². The molecule has 0 aliphatic rings. The molecule has 0 aliphatic heterocycles. The molecule has 1 heteroatoms. The highest BCUT2D eigenvalue weighted by atomic mass is 32.2. The third-order valence-electron chi connectivity index (χ3n) is 11.0. The lowest BCUT2D eigenvalue weighted by molar-refractivity contribution is 1.44. The van der Waals surface area contributed by atoms with Crippen LogP contribution in [0.4, 0.5) is 0 Å². The summed E-state index contributed by atoms with van der Waals surface area (Å²) in [6.07, 6.45) is 0. The van der Waals surface area contributed by atoms with E-state index in [2.05, 4.69) is 194 Å². The van der Waals surface area contributed by atoms with E-state index in [1.54, 1.807) is 0 Å². The average molecular weight is 689 g/mol. The molecule has 11 aromatic rings. The minimum Gasteiger partial charge on any atom is -0.0894 e. The van der Waals surface area contributed by atoms with Crippen molar-refractivity contribution in [1.82, 2.24) is 0 Å². The van der Waals surface area contributed by atoms with Crippen molar-refractivity contribution in [3.63, 3.8) is 0 Å². The quantitative estimate of drug-likeness (QED) is 0.128. The van der Waals surface area contributed by atoms with Crippen LogP contribution in [0.5, 0.6) is 0 Å². The van der Waals surface area contributed by atoms with Gasteiger partial charge >= 0.3 is 0 Å². The van der Waals surface area contributed by atoms with Gasteiger partial charge in [0.1, 0.15) is 0 Å². The molecule has 246 valence electrons. The molecule has 0 amide bonds. The van der Waals surface area contributed by atoms with Gasteiger partial charge in [0.2, 0.25) is 0 Å². The Morgan fingerprint density at radius 2 is 0.717 bits per heavy atom. The first kappa shape index (κ1) is 30.2. The molecule has 0 unspecified atom stereocenters. The maximum Gasteiger partial charge on any atom is 0.0201 e. The Labute approximate surface area is 312 Å². The monoisotopic (exact) mass is 688 g/mol. The van der Waals surface area contributed by atoms with Gasteiger partial charge in [-0.25, -0.2) is 0 Å². The largest absolute Gasteiger partial charge is 0.0894 e. The molecule has 0 aromatic heterocycles. The number of rotatable bonds is 5. The zero-order chi connectivity index (χ0) is 34.9. The van der Waals surface area contributed by atoms with E-state index in [-0.39, 0.29) is 0 Å². The summed E-state index contributed by atoms with van der Waals surface area (Å²) >= 11 is 1.85. The standard InChI is InChI=1S/C52H32S/c1-2-9-40-32-41(23-18-33(40)8-1)51-45-14-5-3-12-43(45)50(44-13-4-6-15-46(44)51)38-19-16-34(17-20-38)35-24-28-42(29-25-35)53-48-31-27-39-22-21-36-10-7-11-37-26-30-47(48)52(39)49(36)37/h1-32H. The predicted octanol–water partition coefficient (Wildman–Crippen LogP) is 15.2. The average Bonchev–Trinajstić information content (AvgIpc) is 3.22. The van der Waals surface area contributed by atoms with Crippen LogP contribution in [0, 0.1) is 0 Å². The fourth-order valence-corrected chi connectivity index (χ4v) is 9.51. The summed E-state index contributed by atoms with van der Waals surface area (Å²) in [5, 5.41) is 15.6. The number of benzene rings is 11. The van der Waals surface area contributed by atoms with Gasteiger partial charge in [0.15, 0.2) is 0 Å². The normalized spacial score (nSPS) is 11.8. The highest BCUT2D eigenvalue weighted by Crippen LogP contribution is 2.45. The number of fused-ring (bicyclic) bond motifs is 3. The summed E-state index contributed by atoms with van der Waals surface area (Å²) < 4.78 is 0. The first-order valence-electron chi connectivity index (χ1n) is 18.2. The summed E-state index contributed by atoms with van der Waals surface area (Å²) in [5.74, 6) is 0. The highest BCUT2D eigenvalue weighted by molar-refractivity contribution is 7.99. The summed E-state index contributed by atoms with van der Waals surface area (Å²) in [6, 6.07) is 71.7. The van der Waals surface area contributed by atoms with Crippen LogP contribution >= 0.6 is 11.8 Å². The minimum absolute atomic E-state index is 1.22. The van der Waals surface area contributed by atoms with E-state index < -0.39 is 0 Å². The first-order chi connectivity index (χ1) is 26.3. The van der Waals surface area contributed by atoms with Crippen LogP contribution in [0.2, 0.25) is 0 Å². The molecule has 0 fully saturated rings. The molecule has 11 rings (SSSR count). The van der Waals surface area contributed by atoms with E-state index in [0.717, 1.165) is 0 Å². The molecule has 53 heavy (non-hydrogen) atoms. The summed E-state index contributed by atoms with van der Waals surface area (Å²) in [5.41, 5.74) is 7.49. The Balaban J connectivity index is 0.948. The Morgan fingerprint density at radius 3 is 1.38 bits per heavy atom. The molecule has 0 N–H and O–H groups in total. The molecule has 0 atom stereocenters. The Hall–Kier alpha value is -6.41. The van der Waals surface area contributed by atoms with E-state index in [1.807, 2.05) is 11.8 Å². The molecule has 0 aliphatic carbocycles. The van der Waals surface area contributed by atoms with Crippen molar-refractivity contribution >= 4 is 76.4 Å². The zero-order valence-electron chi connectivity index (χ0n) is 28.9. The first-order valence-corrected chi connectivity index (χ1v) is 19.1. The fraction of sp³-hybridized carbons (Fsp3) is 0. The van der Waals surface area contributed by atoms with Crippen molar-refractivity contribution in [2.75, 3.05) is 0 Å². The van der Waals surface area contributed by atoms with Crippen molar-refractivity contribution in [3.05, 3.63) is 194 Å². The van der Waals surface area contributed by atoms with Gasteiger partial charge in [-0.1, -0.05) is 182 Å². The SMILES string of the molecule is c1ccc2cc(-c3c4ccccc4c(-c4ccc(-c5ccc(Sc6ccc7ccc8cccc9ccc6c7c89)cc5)cc4)c4ccccc34)ccc2c1. The van der Waals surface area contributed by atoms with E-state index >= 15 is 0 Å². The highest BCUT2D eigenvalue weighted by Gasteiger charge is 2.17. The number of hydrogen-bond acceptors (Lipinski definition) is 1. The van der Waals surface area contributed by atoms with Crippen LogP contribution in [-0.4, -0.2) is 0 Å². The van der Waals surface area contributed by atoms with E-state index in [9.17, 15) is 0 Å². The maximum absolute atomic E-state index is 2.34. The number of hydrogen-bond donors (Lipinski definition) is 0. The van der Waals surface area contributed by atoms with Crippen LogP contribution in [-0.2, 0) is 0 Å². The Kier molecular flexibility index (Phi) is 6.90. The fourth-order valence-electron chi connectivity index (χ4n) is 8.56. The van der Waals surface area contributed by atoms with Gasteiger partial charge in [0.25, 0.3) is 0 Å². The molecule has 0 nitrogen and oxygen atoms in total. The predicted molar refractivity (Wildman–Crippen MR) is 230 cm³/mol. The molecular weight excluding hydrogens is 657 g/mol. The molecule has 0 bridgehead atoms. The molecule has 0 saturated carbocycles. The van der Waals surface area contributed by atoms with Crippen molar-refractivity contribution in [3.8, 4) is 33.4 Å². The van der Waals surface area contributed by atoms with Crippen LogP contribution in [0.3, 0.4) is 0 Å². The minimum atomic E-state index is 1.22. The van der Waals surface area contributed by atoms with Crippen LogP contribution in [0.15, 0.2) is 204 Å². The molecule has 0 radical (unpaired) electrons. The van der Waals surface area contributed by atoms with Crippen molar-refractivity contribution in [2.24, 2.45) is 0 Å². The zero-order valence-corrected chi connectivity index (χ0v) is 29.7. The van der Waals surface area contributed by atoms with Gasteiger partial charge in [-0.15, -0.1) is 0 Å². The molecule has 0 saturated heterocycles. The second-order valence-corrected chi connectivity index (χ2v) is 15.1. The van der Waals surface area contributed by atoms with Gasteiger partial charge < -0.3 is 0 Å². The lowest BCUT2D eigenvalue weighted by atomic mass is 9.85. The third kappa shape index (κ3) is 4.93. The van der Waals surface area contributed by atoms with Crippen LogP contribution in [0.1, 0.15) is 0 Å². The van der Waals surface area contributed by atoms with Gasteiger partial charge in [0, 0.05) is 9.79 Å². The Morgan fingerprint density at radius 1 is 0.264 bits per heavy atom. The van der Waals surface area contributed by atoms with E-state index in [1.165, 1.54) is 108 Å². The van der Waals surface area contributed by atoms with Crippen molar-refractivity contribution < 1.29 is 0 Å². The lowest BCUT2D eigenvalue weighted by Crippen LogP contribution is -1.91. The van der Waals surface area contributed by atoms with Gasteiger partial charge in [-0.2, -0.15) is 0 Å². The summed E-state index contributed by atoms with van der Waals surface area (Å²) in [6.45, 7) is 0. The second kappa shape index (κ2) is 12.1. The molecule has 0 heterocycles. The van der Waals surface area contributed by atoms with Gasteiger partial charge in [-0.3, -0.25) is 0 Å². The summed E-state index contributed by atoms with van der Waals surface area (Å²) in [7, 11) is 0. The molecule has 0 spiro atoms. The van der Waals surface area contributed by atoms with Crippen LogP contribution in [0.25, 0.3) is 98.0 Å². The topological polar surface area (TPSA) is 0 Å². The molecule has 11 aromatic carbocycles. The van der Waals surface area contributed by atoms with Gasteiger partial charge in [-0.05, 0) is 122 Å². The lowest BCUT2D eigenvalue weighted by Gasteiger charge is -2.18. The smallest absolute Gasteiger partial charge is 0.0201 e. The van der Waals surface area contributed by atoms with Gasteiger partial charge in [0.05, 0.1) is 0 Å². The second-order valence-electron chi connectivity index (χ2n) is 14.0. The third-order valence-corrected chi connectivity index (χ3v) is 12.1. The maximum atomic E-state index is 2.34. The van der Waals surface area contributed by atoms with Crippen molar-refractivity contribution in [1.29, 1.82) is 0 Å². The Bertz CT molecular complexity index is 3100. The van der Waals surface area contributed by atoms with Crippen molar-refractivity contribution in [2.45, 2.75) is 9.79 Å². The van der Waals surface area contributed by atoms with E-state index in [0.29, 0.717) is 0 Å². The summed E-state index contributed by atoms with van der Waals surface area (Å²) in [4.78, 5) is 2.53.